The summed E-state index contributed by atoms with van der Waals surface area (Å²) in [6.07, 6.45) is 4.08. The fourth-order valence-corrected chi connectivity index (χ4v) is 2.62. The Labute approximate surface area is 113 Å². The molecule has 106 valence electrons. The lowest BCUT2D eigenvalue weighted by Gasteiger charge is -2.36. The number of hydrogen-bond acceptors (Lipinski definition) is 3. The van der Waals surface area contributed by atoms with Gasteiger partial charge in [0.05, 0.1) is 0 Å². The lowest BCUT2D eigenvalue weighted by molar-refractivity contribution is 0.121. The number of nitrogens with zero attached hydrogens (tertiary/aromatic N) is 2. The molecule has 1 atom stereocenters. The van der Waals surface area contributed by atoms with E-state index < -0.39 is 0 Å². The Morgan fingerprint density at radius 1 is 1.06 bits per heavy atom. The molecular formula is C15H31N3. The van der Waals surface area contributed by atoms with Gasteiger partial charge in [-0.1, -0.05) is 20.8 Å². The highest BCUT2D eigenvalue weighted by Crippen LogP contribution is 2.30. The molecule has 18 heavy (non-hydrogen) atoms. The van der Waals surface area contributed by atoms with Crippen molar-refractivity contribution >= 4 is 0 Å². The van der Waals surface area contributed by atoms with Gasteiger partial charge in [0, 0.05) is 38.8 Å². The van der Waals surface area contributed by atoms with Gasteiger partial charge in [-0.05, 0) is 37.1 Å². The van der Waals surface area contributed by atoms with Crippen LogP contribution in [0.15, 0.2) is 0 Å². The monoisotopic (exact) mass is 253 g/mol. The molecule has 0 spiro atoms. The molecule has 0 radical (unpaired) electrons. The van der Waals surface area contributed by atoms with Crippen molar-refractivity contribution in [3.05, 3.63) is 0 Å². The lowest BCUT2D eigenvalue weighted by atomic mass is 9.85. The summed E-state index contributed by atoms with van der Waals surface area (Å²) in [6.45, 7) is 14.3. The van der Waals surface area contributed by atoms with Crippen molar-refractivity contribution in [3.63, 3.8) is 0 Å². The molecular weight excluding hydrogens is 222 g/mol. The van der Waals surface area contributed by atoms with Crippen LogP contribution in [0.2, 0.25) is 0 Å². The van der Waals surface area contributed by atoms with Crippen LogP contribution < -0.4 is 5.73 Å². The standard InChI is InChI=1S/C15H31N3/c1-15(2,3)14(16)6-7-17-8-10-18(11-9-17)12-13-4-5-13/h13-14H,4-12,16H2,1-3H3. The van der Waals surface area contributed by atoms with Crippen LogP contribution in [0.4, 0.5) is 0 Å². The number of nitrogens with two attached hydrogens (primary N) is 1. The van der Waals surface area contributed by atoms with Crippen molar-refractivity contribution in [2.24, 2.45) is 17.1 Å². The highest BCUT2D eigenvalue weighted by molar-refractivity contribution is 4.82. The van der Waals surface area contributed by atoms with Gasteiger partial charge in [-0.3, -0.25) is 0 Å². The topological polar surface area (TPSA) is 32.5 Å². The molecule has 1 unspecified atom stereocenters. The van der Waals surface area contributed by atoms with E-state index in [-0.39, 0.29) is 5.41 Å². The Morgan fingerprint density at radius 2 is 1.61 bits per heavy atom. The van der Waals surface area contributed by atoms with E-state index in [9.17, 15) is 0 Å². The van der Waals surface area contributed by atoms with Gasteiger partial charge >= 0.3 is 0 Å². The average Bonchev–Trinajstić information content (AvgIpc) is 3.10. The van der Waals surface area contributed by atoms with E-state index in [0.717, 1.165) is 12.3 Å². The van der Waals surface area contributed by atoms with E-state index in [1.165, 1.54) is 52.1 Å². The summed E-state index contributed by atoms with van der Waals surface area (Å²) in [5, 5.41) is 0. The highest BCUT2D eigenvalue weighted by atomic mass is 15.3. The third kappa shape index (κ3) is 4.52. The van der Waals surface area contributed by atoms with Crippen LogP contribution in [0.5, 0.6) is 0 Å². The number of rotatable bonds is 5. The molecule has 1 aliphatic carbocycles. The first-order valence-corrected chi connectivity index (χ1v) is 7.65. The van der Waals surface area contributed by atoms with Crippen molar-refractivity contribution < 1.29 is 0 Å². The lowest BCUT2D eigenvalue weighted by Crippen LogP contribution is -2.48. The van der Waals surface area contributed by atoms with Crippen LogP contribution in [-0.2, 0) is 0 Å². The van der Waals surface area contributed by atoms with Crippen LogP contribution in [0.3, 0.4) is 0 Å². The second kappa shape index (κ2) is 5.89. The van der Waals surface area contributed by atoms with Gasteiger partial charge in [-0.25, -0.2) is 0 Å². The van der Waals surface area contributed by atoms with Gasteiger partial charge in [-0.2, -0.15) is 0 Å². The molecule has 0 bridgehead atoms. The van der Waals surface area contributed by atoms with Gasteiger partial charge in [0.1, 0.15) is 0 Å². The minimum Gasteiger partial charge on any atom is -0.327 e. The van der Waals surface area contributed by atoms with Crippen LogP contribution in [-0.4, -0.2) is 55.1 Å². The van der Waals surface area contributed by atoms with E-state index in [0.29, 0.717) is 6.04 Å². The second-order valence-electron chi connectivity index (χ2n) is 7.35. The highest BCUT2D eigenvalue weighted by Gasteiger charge is 2.27. The zero-order chi connectivity index (χ0) is 13.2. The molecule has 2 aliphatic rings. The first-order chi connectivity index (χ1) is 8.45. The maximum Gasteiger partial charge on any atom is 0.0110 e. The number of piperazine rings is 1. The Hall–Kier alpha value is -0.120. The molecule has 0 aromatic carbocycles. The molecule has 3 heteroatoms. The van der Waals surface area contributed by atoms with Crippen molar-refractivity contribution in [2.45, 2.75) is 46.1 Å². The van der Waals surface area contributed by atoms with E-state index >= 15 is 0 Å². The summed E-state index contributed by atoms with van der Waals surface area (Å²) < 4.78 is 0. The van der Waals surface area contributed by atoms with Gasteiger partial charge in [-0.15, -0.1) is 0 Å². The van der Waals surface area contributed by atoms with Crippen molar-refractivity contribution in [1.82, 2.24) is 9.80 Å². The maximum atomic E-state index is 6.23. The van der Waals surface area contributed by atoms with E-state index in [4.69, 9.17) is 5.73 Å². The van der Waals surface area contributed by atoms with Gasteiger partial charge in [0.15, 0.2) is 0 Å². The minimum atomic E-state index is 0.244. The molecule has 1 saturated heterocycles. The molecule has 0 amide bonds. The summed E-state index contributed by atoms with van der Waals surface area (Å²) in [5.41, 5.74) is 6.48. The summed E-state index contributed by atoms with van der Waals surface area (Å²) >= 11 is 0. The fraction of sp³-hybridized carbons (Fsp3) is 1.00. The van der Waals surface area contributed by atoms with Crippen molar-refractivity contribution in [2.75, 3.05) is 39.3 Å². The SMILES string of the molecule is CC(C)(C)C(N)CCN1CCN(CC2CC2)CC1. The van der Waals surface area contributed by atoms with Crippen LogP contribution in [0, 0.1) is 11.3 Å². The van der Waals surface area contributed by atoms with E-state index in [1.807, 2.05) is 0 Å². The first-order valence-electron chi connectivity index (χ1n) is 7.65. The van der Waals surface area contributed by atoms with E-state index in [2.05, 4.69) is 30.6 Å². The second-order valence-corrected chi connectivity index (χ2v) is 7.35. The maximum absolute atomic E-state index is 6.23. The Bertz CT molecular complexity index is 247. The third-order valence-corrected chi connectivity index (χ3v) is 4.55. The smallest absolute Gasteiger partial charge is 0.0110 e. The number of hydrogen-bond donors (Lipinski definition) is 1. The Kier molecular flexibility index (Phi) is 4.68. The molecule has 2 rings (SSSR count). The van der Waals surface area contributed by atoms with E-state index in [1.54, 1.807) is 0 Å². The summed E-state index contributed by atoms with van der Waals surface area (Å²) in [7, 11) is 0. The molecule has 3 nitrogen and oxygen atoms in total. The molecule has 1 aliphatic heterocycles. The van der Waals surface area contributed by atoms with Crippen molar-refractivity contribution in [1.29, 1.82) is 0 Å². The largest absolute Gasteiger partial charge is 0.327 e. The van der Waals surface area contributed by atoms with Gasteiger partial charge in [0.25, 0.3) is 0 Å². The normalized spacial score (nSPS) is 25.3. The predicted molar refractivity (Wildman–Crippen MR) is 77.7 cm³/mol. The Morgan fingerprint density at radius 3 is 2.11 bits per heavy atom. The molecule has 1 saturated carbocycles. The molecule has 2 N–H and O–H groups in total. The van der Waals surface area contributed by atoms with Gasteiger partial charge in [0.2, 0.25) is 0 Å². The van der Waals surface area contributed by atoms with Crippen LogP contribution in [0.1, 0.15) is 40.0 Å². The summed E-state index contributed by atoms with van der Waals surface area (Å²) in [4.78, 5) is 5.24. The molecule has 2 fully saturated rings. The predicted octanol–water partition coefficient (Wildman–Crippen LogP) is 1.78. The average molecular weight is 253 g/mol. The van der Waals surface area contributed by atoms with Crippen LogP contribution >= 0.6 is 0 Å². The third-order valence-electron chi connectivity index (χ3n) is 4.55. The molecule has 1 heterocycles. The van der Waals surface area contributed by atoms with Gasteiger partial charge < -0.3 is 15.5 Å². The summed E-state index contributed by atoms with van der Waals surface area (Å²) in [5.74, 6) is 1.03. The summed E-state index contributed by atoms with van der Waals surface area (Å²) in [6, 6.07) is 0.321. The minimum absolute atomic E-state index is 0.244. The first kappa shape index (κ1) is 14.3. The fourth-order valence-electron chi connectivity index (χ4n) is 2.62. The Balaban J connectivity index is 1.61. The van der Waals surface area contributed by atoms with Crippen molar-refractivity contribution in [3.8, 4) is 0 Å². The molecule has 0 aromatic rings. The quantitative estimate of drug-likeness (QED) is 0.810. The molecule has 0 aromatic heterocycles. The zero-order valence-electron chi connectivity index (χ0n) is 12.5. The zero-order valence-corrected chi connectivity index (χ0v) is 12.5. The van der Waals surface area contributed by atoms with Crippen LogP contribution in [0.25, 0.3) is 0 Å².